The molecule has 35 heavy (non-hydrogen) atoms. The molecule has 192 valence electrons. The fraction of sp³-hybridized carbons (Fsp3) is 0.680. The maximum absolute atomic E-state index is 13.3. The Hall–Kier alpha value is -2.17. The second-order valence-electron chi connectivity index (χ2n) is 10.4. The molecule has 1 saturated carbocycles. The Morgan fingerprint density at radius 2 is 1.89 bits per heavy atom. The summed E-state index contributed by atoms with van der Waals surface area (Å²) in [6.07, 6.45) is 2.87. The van der Waals surface area contributed by atoms with Crippen LogP contribution in [-0.4, -0.2) is 74.6 Å². The maximum atomic E-state index is 13.3. The van der Waals surface area contributed by atoms with Crippen molar-refractivity contribution in [2.75, 3.05) is 32.8 Å². The van der Waals surface area contributed by atoms with Crippen molar-refractivity contribution in [3.63, 3.8) is 0 Å². The highest BCUT2D eigenvalue weighted by Gasteiger charge is 2.47. The first-order chi connectivity index (χ1) is 16.8. The number of nitrogens with one attached hydrogen (secondary N) is 2. The Kier molecular flexibility index (Phi) is 7.05. The summed E-state index contributed by atoms with van der Waals surface area (Å²) < 4.78 is 39.8. The van der Waals surface area contributed by atoms with Crippen LogP contribution in [0.4, 0.5) is 0 Å². The van der Waals surface area contributed by atoms with Crippen LogP contribution in [0, 0.1) is 17.8 Å². The molecule has 10 heteroatoms. The third kappa shape index (κ3) is 5.06. The zero-order valence-corrected chi connectivity index (χ0v) is 21.0. The van der Waals surface area contributed by atoms with Crippen LogP contribution in [0.1, 0.15) is 39.0 Å². The number of piperidine rings is 2. The number of benzene rings is 1. The predicted octanol–water partition coefficient (Wildman–Crippen LogP) is 1.33. The molecular formula is C25H35N3O6S. The highest BCUT2D eigenvalue weighted by Crippen LogP contribution is 2.36. The number of carbonyl (C=O) groups excluding carboxylic acids is 2. The highest BCUT2D eigenvalue weighted by atomic mass is 32.2. The van der Waals surface area contributed by atoms with Crippen LogP contribution < -0.4 is 20.1 Å². The monoisotopic (exact) mass is 505 g/mol. The van der Waals surface area contributed by atoms with Gasteiger partial charge in [0.1, 0.15) is 18.6 Å². The van der Waals surface area contributed by atoms with Gasteiger partial charge in [-0.2, -0.15) is 0 Å². The van der Waals surface area contributed by atoms with E-state index in [4.69, 9.17) is 9.47 Å². The number of amides is 1. The van der Waals surface area contributed by atoms with Gasteiger partial charge in [-0.3, -0.25) is 9.59 Å². The lowest BCUT2D eigenvalue weighted by atomic mass is 9.74. The molecule has 0 aromatic heterocycles. The van der Waals surface area contributed by atoms with Crippen molar-refractivity contribution in [1.82, 2.24) is 14.9 Å². The van der Waals surface area contributed by atoms with Crippen LogP contribution in [0.15, 0.2) is 24.3 Å². The zero-order valence-electron chi connectivity index (χ0n) is 20.1. The number of nitrogens with zero attached hydrogens (tertiary/aromatic N) is 1. The van der Waals surface area contributed by atoms with Gasteiger partial charge in [-0.1, -0.05) is 19.1 Å². The van der Waals surface area contributed by atoms with Crippen molar-refractivity contribution in [3.8, 4) is 11.5 Å². The number of hydrogen-bond donors (Lipinski definition) is 2. The van der Waals surface area contributed by atoms with Gasteiger partial charge < -0.3 is 20.1 Å². The van der Waals surface area contributed by atoms with Gasteiger partial charge in [-0.05, 0) is 50.2 Å². The number of rotatable bonds is 5. The van der Waals surface area contributed by atoms with E-state index in [0.29, 0.717) is 50.0 Å². The fourth-order valence-corrected chi connectivity index (χ4v) is 7.79. The van der Waals surface area contributed by atoms with Crippen LogP contribution in [-0.2, 0) is 19.6 Å². The summed E-state index contributed by atoms with van der Waals surface area (Å²) >= 11 is 0. The fourth-order valence-electron chi connectivity index (χ4n) is 5.76. The minimum Gasteiger partial charge on any atom is -0.486 e. The lowest BCUT2D eigenvalue weighted by molar-refractivity contribution is -0.139. The van der Waals surface area contributed by atoms with E-state index in [-0.39, 0.29) is 43.3 Å². The van der Waals surface area contributed by atoms with Crippen LogP contribution in [0.25, 0.3) is 0 Å². The number of ketones is 1. The van der Waals surface area contributed by atoms with Crippen LogP contribution in [0.3, 0.4) is 0 Å². The van der Waals surface area contributed by atoms with Crippen molar-refractivity contribution >= 4 is 21.7 Å². The number of carbonyl (C=O) groups is 2. The lowest BCUT2D eigenvalue weighted by Gasteiger charge is -2.42. The molecule has 1 amide bonds. The number of hydrogen-bond acceptors (Lipinski definition) is 7. The Bertz CT molecular complexity index is 1060. The summed E-state index contributed by atoms with van der Waals surface area (Å²) in [6, 6.07) is 7.31. The molecule has 4 aliphatic rings. The van der Waals surface area contributed by atoms with E-state index in [9.17, 15) is 18.0 Å². The van der Waals surface area contributed by atoms with E-state index >= 15 is 0 Å². The van der Waals surface area contributed by atoms with Gasteiger partial charge in [0.2, 0.25) is 15.9 Å². The zero-order chi connectivity index (χ0) is 24.6. The Morgan fingerprint density at radius 1 is 1.14 bits per heavy atom. The molecule has 0 bridgehead atoms. The number of sulfonamides is 1. The second-order valence-corrected chi connectivity index (χ2v) is 12.6. The predicted molar refractivity (Wildman–Crippen MR) is 130 cm³/mol. The molecule has 3 fully saturated rings. The van der Waals surface area contributed by atoms with Gasteiger partial charge in [0.25, 0.3) is 0 Å². The molecule has 2 N–H and O–H groups in total. The first-order valence-corrected chi connectivity index (χ1v) is 14.3. The number of Topliss-reactive ketones (excluding diaryl/α,β-unsaturated/α-hetero) is 1. The lowest BCUT2D eigenvalue weighted by Crippen LogP contribution is -2.59. The second kappa shape index (κ2) is 10.1. The third-order valence-electron chi connectivity index (χ3n) is 8.01. The molecule has 1 aromatic carbocycles. The summed E-state index contributed by atoms with van der Waals surface area (Å²) in [5, 5.41) is 5.63. The molecule has 5 atom stereocenters. The number of ether oxygens (including phenoxy) is 2. The molecular weight excluding hydrogens is 470 g/mol. The van der Waals surface area contributed by atoms with Crippen molar-refractivity contribution in [2.24, 2.45) is 17.8 Å². The van der Waals surface area contributed by atoms with Crippen LogP contribution in [0.2, 0.25) is 0 Å². The Morgan fingerprint density at radius 3 is 2.66 bits per heavy atom. The van der Waals surface area contributed by atoms with Gasteiger partial charge in [-0.15, -0.1) is 0 Å². The number of fused-ring (bicyclic) bond motifs is 2. The van der Waals surface area contributed by atoms with Crippen molar-refractivity contribution in [1.29, 1.82) is 0 Å². The van der Waals surface area contributed by atoms with Crippen molar-refractivity contribution in [2.45, 2.75) is 56.4 Å². The molecule has 1 aliphatic carbocycles. The molecule has 1 aromatic rings. The maximum Gasteiger partial charge on any atom is 0.232 e. The van der Waals surface area contributed by atoms with E-state index in [1.54, 1.807) is 4.31 Å². The molecule has 0 spiro atoms. The smallest absolute Gasteiger partial charge is 0.232 e. The Labute approximate surface area is 207 Å². The molecule has 2 saturated heterocycles. The topological polar surface area (TPSA) is 114 Å². The Balaban J connectivity index is 1.18. The molecule has 5 rings (SSSR count). The highest BCUT2D eigenvalue weighted by molar-refractivity contribution is 7.89. The standard InChI is InChI=1S/C25H35N3O6S/c1-16-8-10-28(11-9-16)35(31,32)18-6-7-21-19(12-18)24(29)20(14-26-21)25(30)27-13-17-15-33-22-4-2-3-5-23(22)34-17/h2-5,16-21,26H,6-15H2,1H3,(H,27,30). The first kappa shape index (κ1) is 24.5. The third-order valence-corrected chi connectivity index (χ3v) is 10.4. The van der Waals surface area contributed by atoms with E-state index in [2.05, 4.69) is 17.6 Å². The largest absolute Gasteiger partial charge is 0.486 e. The summed E-state index contributed by atoms with van der Waals surface area (Å²) in [5.41, 5.74) is 0. The first-order valence-electron chi connectivity index (χ1n) is 12.7. The van der Waals surface area contributed by atoms with E-state index in [0.717, 1.165) is 12.8 Å². The minimum absolute atomic E-state index is 0.0639. The van der Waals surface area contributed by atoms with E-state index in [1.165, 1.54) is 0 Å². The molecule has 3 heterocycles. The van der Waals surface area contributed by atoms with Crippen LogP contribution in [0.5, 0.6) is 11.5 Å². The minimum atomic E-state index is -3.45. The molecule has 0 radical (unpaired) electrons. The van der Waals surface area contributed by atoms with Gasteiger partial charge in [-0.25, -0.2) is 12.7 Å². The summed E-state index contributed by atoms with van der Waals surface area (Å²) in [5.74, 6) is 0.0645. The summed E-state index contributed by atoms with van der Waals surface area (Å²) in [7, 11) is -3.45. The SMILES string of the molecule is CC1CCN(S(=O)(=O)C2CCC3NCC(C(=O)NCC4COc5ccccc5O4)C(=O)C3C2)CC1. The average Bonchev–Trinajstić information content (AvgIpc) is 2.87. The quantitative estimate of drug-likeness (QED) is 0.581. The molecule has 5 unspecified atom stereocenters. The van der Waals surface area contributed by atoms with Gasteiger partial charge >= 0.3 is 0 Å². The summed E-state index contributed by atoms with van der Waals surface area (Å²) in [6.45, 7) is 4.09. The normalized spacial score (nSPS) is 32.0. The molecule has 3 aliphatic heterocycles. The van der Waals surface area contributed by atoms with Gasteiger partial charge in [0.15, 0.2) is 17.3 Å². The summed E-state index contributed by atoms with van der Waals surface area (Å²) in [4.78, 5) is 26.3. The number of para-hydroxylation sites is 2. The average molecular weight is 506 g/mol. The van der Waals surface area contributed by atoms with Gasteiger partial charge in [0, 0.05) is 31.6 Å². The van der Waals surface area contributed by atoms with Crippen LogP contribution >= 0.6 is 0 Å². The molecule has 9 nitrogen and oxygen atoms in total. The van der Waals surface area contributed by atoms with Crippen molar-refractivity contribution in [3.05, 3.63) is 24.3 Å². The van der Waals surface area contributed by atoms with Crippen molar-refractivity contribution < 1.29 is 27.5 Å². The van der Waals surface area contributed by atoms with E-state index < -0.39 is 27.1 Å². The van der Waals surface area contributed by atoms with Gasteiger partial charge in [0.05, 0.1) is 11.8 Å². The van der Waals surface area contributed by atoms with E-state index in [1.807, 2.05) is 24.3 Å².